The van der Waals surface area contributed by atoms with Crippen molar-refractivity contribution in [3.63, 3.8) is 0 Å². The summed E-state index contributed by atoms with van der Waals surface area (Å²) >= 11 is 0. The highest BCUT2D eigenvalue weighted by Gasteiger charge is 2.42. The summed E-state index contributed by atoms with van der Waals surface area (Å²) in [4.78, 5) is 103. The quantitative estimate of drug-likeness (QED) is 0.101. The summed E-state index contributed by atoms with van der Waals surface area (Å²) in [5, 5.41) is 18.9. The number of primary amides is 2. The largest absolute Gasteiger partial charge is 0.481 e. The molecule has 0 saturated carbocycles. The molecule has 2 aliphatic heterocycles. The van der Waals surface area contributed by atoms with E-state index in [9.17, 15) is 43.5 Å². The molecule has 1 fully saturated rings. The molecule has 2 heterocycles. The van der Waals surface area contributed by atoms with Crippen LogP contribution in [0.25, 0.3) is 10.8 Å². The molecule has 4 rings (SSSR count). The van der Waals surface area contributed by atoms with Gasteiger partial charge >= 0.3 is 12.0 Å². The molecular weight excluding hydrogens is 650 g/mol. The van der Waals surface area contributed by atoms with Crippen LogP contribution in [0, 0.1) is 0 Å². The Morgan fingerprint density at radius 1 is 0.880 bits per heavy atom. The number of benzene rings is 2. The van der Waals surface area contributed by atoms with Crippen LogP contribution in [-0.4, -0.2) is 99.6 Å². The number of likely N-dealkylation sites (tertiary alicyclic amines) is 1. The molecule has 0 aliphatic carbocycles. The van der Waals surface area contributed by atoms with Crippen molar-refractivity contribution in [3.8, 4) is 0 Å². The maximum atomic E-state index is 14.0. The van der Waals surface area contributed by atoms with E-state index in [1.165, 1.54) is 4.90 Å². The first-order valence-electron chi connectivity index (χ1n) is 16.3. The topological polar surface area (TPSA) is 251 Å². The lowest BCUT2D eigenvalue weighted by Gasteiger charge is -2.39. The Morgan fingerprint density at radius 2 is 1.58 bits per heavy atom. The number of carbonyl (C=O) groups excluding carboxylic acids is 7. The minimum absolute atomic E-state index is 0.00146. The van der Waals surface area contributed by atoms with E-state index in [1.54, 1.807) is 6.07 Å². The second-order valence-electron chi connectivity index (χ2n) is 12.2. The number of fused-ring (bicyclic) bond motifs is 1. The number of carboxylic acid groups (broad SMARTS) is 1. The monoisotopic (exact) mass is 691 g/mol. The van der Waals surface area contributed by atoms with E-state index in [0.29, 0.717) is 23.3 Å². The van der Waals surface area contributed by atoms with E-state index in [-0.39, 0.29) is 45.2 Å². The number of carboxylic acids is 1. The highest BCUT2D eigenvalue weighted by Crippen LogP contribution is 2.24. The Kier molecular flexibility index (Phi) is 12.6. The predicted octanol–water partition coefficient (Wildman–Crippen LogP) is -0.175. The van der Waals surface area contributed by atoms with Crippen molar-refractivity contribution >= 4 is 58.2 Å². The van der Waals surface area contributed by atoms with E-state index in [0.717, 1.165) is 22.9 Å². The van der Waals surface area contributed by atoms with Gasteiger partial charge in [-0.1, -0.05) is 42.5 Å². The third-order valence-corrected chi connectivity index (χ3v) is 8.68. The molecule has 8 amide bonds. The first kappa shape index (κ1) is 37.0. The first-order valence-corrected chi connectivity index (χ1v) is 16.3. The van der Waals surface area contributed by atoms with Crippen molar-refractivity contribution in [1.82, 2.24) is 25.8 Å². The van der Waals surface area contributed by atoms with Crippen LogP contribution >= 0.6 is 0 Å². The zero-order chi connectivity index (χ0) is 36.4. The van der Waals surface area contributed by atoms with Gasteiger partial charge in [0.2, 0.25) is 23.6 Å². The van der Waals surface area contributed by atoms with Gasteiger partial charge in [0.15, 0.2) is 0 Å². The summed E-state index contributed by atoms with van der Waals surface area (Å²) < 4.78 is 0. The molecule has 2 aromatic carbocycles. The van der Waals surface area contributed by atoms with Gasteiger partial charge in [0.05, 0.1) is 0 Å². The molecule has 0 radical (unpaired) electrons. The van der Waals surface area contributed by atoms with Gasteiger partial charge in [0.25, 0.3) is 11.8 Å². The molecule has 50 heavy (non-hydrogen) atoms. The molecular formula is C34H41N7O9. The zero-order valence-electron chi connectivity index (χ0n) is 27.3. The number of hydrogen-bond acceptors (Lipinski definition) is 8. The number of carbonyl (C=O) groups is 8. The summed E-state index contributed by atoms with van der Waals surface area (Å²) in [7, 11) is 0. The van der Waals surface area contributed by atoms with Crippen LogP contribution < -0.4 is 27.4 Å². The van der Waals surface area contributed by atoms with Gasteiger partial charge in [-0.05, 0) is 54.9 Å². The average Bonchev–Trinajstić information content (AvgIpc) is 3.42. The number of imide groups is 1. The number of piperidine rings is 1. The average molecular weight is 692 g/mol. The Hall–Kier alpha value is -5.80. The maximum absolute atomic E-state index is 14.0. The standard InChI is InChI=1S/C34H41N7O9/c35-30(46)23(8-5-16-37-34(36)50)38-31(47)24(19-20-10-11-21-6-1-2-7-22(21)18-20)39-32(48)25-9-3-4-17-40(25)33(49)26(12-15-29(44)45)41-27(42)13-14-28(41)43/h1-2,6-7,10-11,13-14,18,23-26H,3-5,8-9,12,15-17,19H2,(H2,35,46)(H,38,47)(H,39,48)(H,44,45)(H3,36,37,50)/t23-,24-,25-,26-/m0/s1. The smallest absolute Gasteiger partial charge is 0.312 e. The fraction of sp³-hybridized carbons (Fsp3) is 0.412. The van der Waals surface area contributed by atoms with Crippen molar-refractivity contribution in [2.45, 2.75) is 75.5 Å². The van der Waals surface area contributed by atoms with Gasteiger partial charge in [0.1, 0.15) is 24.2 Å². The Balaban J connectivity index is 1.58. The van der Waals surface area contributed by atoms with Crippen LogP contribution in [-0.2, 0) is 40.0 Å². The summed E-state index contributed by atoms with van der Waals surface area (Å²) in [6.07, 6.45) is 2.72. The second-order valence-corrected chi connectivity index (χ2v) is 12.2. The maximum Gasteiger partial charge on any atom is 0.312 e. The molecule has 4 atom stereocenters. The molecule has 16 heteroatoms. The third-order valence-electron chi connectivity index (χ3n) is 8.68. The molecule has 0 bridgehead atoms. The number of aliphatic carboxylic acids is 1. The molecule has 0 unspecified atom stereocenters. The van der Waals surface area contributed by atoms with E-state index < -0.39 is 78.0 Å². The summed E-state index contributed by atoms with van der Waals surface area (Å²) in [6, 6.07) is 7.42. The number of nitrogens with two attached hydrogens (primary N) is 2. The first-order chi connectivity index (χ1) is 23.8. The van der Waals surface area contributed by atoms with Crippen LogP contribution in [0.15, 0.2) is 54.6 Å². The predicted molar refractivity (Wildman–Crippen MR) is 179 cm³/mol. The highest BCUT2D eigenvalue weighted by atomic mass is 16.4. The van der Waals surface area contributed by atoms with Crippen LogP contribution in [0.4, 0.5) is 4.79 Å². The van der Waals surface area contributed by atoms with Crippen LogP contribution in [0.2, 0.25) is 0 Å². The number of amides is 8. The lowest BCUT2D eigenvalue weighted by molar-refractivity contribution is -0.154. The molecule has 0 spiro atoms. The summed E-state index contributed by atoms with van der Waals surface area (Å²) in [5.74, 6) is -5.75. The normalized spacial score (nSPS) is 17.6. The minimum atomic E-state index is -1.45. The Bertz CT molecular complexity index is 1680. The van der Waals surface area contributed by atoms with Gasteiger partial charge in [-0.3, -0.25) is 38.5 Å². The lowest BCUT2D eigenvalue weighted by atomic mass is 9.97. The number of hydrogen-bond donors (Lipinski definition) is 6. The van der Waals surface area contributed by atoms with Crippen molar-refractivity contribution in [2.75, 3.05) is 13.1 Å². The fourth-order valence-electron chi connectivity index (χ4n) is 6.16. The van der Waals surface area contributed by atoms with Crippen molar-refractivity contribution in [3.05, 3.63) is 60.2 Å². The van der Waals surface area contributed by atoms with E-state index >= 15 is 0 Å². The van der Waals surface area contributed by atoms with Crippen LogP contribution in [0.1, 0.15) is 50.5 Å². The molecule has 266 valence electrons. The molecule has 0 aromatic heterocycles. The van der Waals surface area contributed by atoms with Crippen LogP contribution in [0.3, 0.4) is 0 Å². The Labute approximate surface area is 287 Å². The minimum Gasteiger partial charge on any atom is -0.481 e. The molecule has 8 N–H and O–H groups in total. The van der Waals surface area contributed by atoms with Crippen molar-refractivity contribution in [2.24, 2.45) is 11.5 Å². The molecule has 2 aromatic rings. The number of nitrogens with zero attached hydrogens (tertiary/aromatic N) is 2. The number of rotatable bonds is 16. The molecule has 16 nitrogen and oxygen atoms in total. The van der Waals surface area contributed by atoms with Crippen LogP contribution in [0.5, 0.6) is 0 Å². The Morgan fingerprint density at radius 3 is 2.24 bits per heavy atom. The zero-order valence-corrected chi connectivity index (χ0v) is 27.3. The van der Waals surface area contributed by atoms with Crippen molar-refractivity contribution < 1.29 is 43.5 Å². The lowest BCUT2D eigenvalue weighted by Crippen LogP contribution is -2.61. The number of nitrogens with one attached hydrogen (secondary N) is 3. The van der Waals surface area contributed by atoms with Gasteiger partial charge in [0, 0.05) is 38.1 Å². The second kappa shape index (κ2) is 17.0. The highest BCUT2D eigenvalue weighted by molar-refractivity contribution is 6.15. The third kappa shape index (κ3) is 9.64. The SMILES string of the molecule is NC(=O)NCCC[C@H](NC(=O)[C@H](Cc1ccc2ccccc2c1)NC(=O)[C@@H]1CCCCN1C(=O)[C@H](CCC(=O)O)N1C(=O)C=CC1=O)C(N)=O. The summed E-state index contributed by atoms with van der Waals surface area (Å²) in [5.41, 5.74) is 11.3. The van der Waals surface area contributed by atoms with E-state index in [1.807, 2.05) is 36.4 Å². The van der Waals surface area contributed by atoms with Crippen molar-refractivity contribution in [1.29, 1.82) is 0 Å². The van der Waals surface area contributed by atoms with Gasteiger partial charge in [-0.25, -0.2) is 4.79 Å². The number of urea groups is 1. The van der Waals surface area contributed by atoms with Gasteiger partial charge < -0.3 is 37.4 Å². The fourth-order valence-corrected chi connectivity index (χ4v) is 6.16. The van der Waals surface area contributed by atoms with Gasteiger partial charge in [-0.15, -0.1) is 0 Å². The van der Waals surface area contributed by atoms with E-state index in [2.05, 4.69) is 16.0 Å². The van der Waals surface area contributed by atoms with Gasteiger partial charge in [-0.2, -0.15) is 0 Å². The summed E-state index contributed by atoms with van der Waals surface area (Å²) in [6.45, 7) is 0.227. The molecule has 1 saturated heterocycles. The molecule has 2 aliphatic rings. The van der Waals surface area contributed by atoms with E-state index in [4.69, 9.17) is 11.5 Å².